The van der Waals surface area contributed by atoms with Crippen LogP contribution < -0.4 is 10.5 Å². The van der Waals surface area contributed by atoms with E-state index >= 15 is 0 Å². The zero-order chi connectivity index (χ0) is 9.68. The highest BCUT2D eigenvalue weighted by Crippen LogP contribution is 2.12. The van der Waals surface area contributed by atoms with Crippen molar-refractivity contribution in [1.29, 1.82) is 0 Å². The van der Waals surface area contributed by atoms with Gasteiger partial charge >= 0.3 is 0 Å². The van der Waals surface area contributed by atoms with Gasteiger partial charge < -0.3 is 5.73 Å². The first kappa shape index (κ1) is 10.4. The second-order valence-electron chi connectivity index (χ2n) is 2.94. The molecule has 3 heteroatoms. The third-order valence-corrected chi connectivity index (χ3v) is 2.51. The second-order valence-corrected chi connectivity index (χ2v) is 4.09. The van der Waals surface area contributed by atoms with Gasteiger partial charge in [-0.1, -0.05) is 24.9 Å². The lowest BCUT2D eigenvalue weighted by atomic mass is 10.1. The van der Waals surface area contributed by atoms with Crippen LogP contribution in [0, 0.1) is 6.92 Å². The average molecular weight is 196 g/mol. The van der Waals surface area contributed by atoms with E-state index in [1.165, 1.54) is 11.1 Å². The molecular weight excluding hydrogens is 180 g/mol. The van der Waals surface area contributed by atoms with E-state index in [9.17, 15) is 0 Å². The van der Waals surface area contributed by atoms with Crippen LogP contribution in [-0.2, 0) is 6.54 Å². The van der Waals surface area contributed by atoms with Crippen LogP contribution in [0.15, 0.2) is 18.2 Å². The van der Waals surface area contributed by atoms with Crippen molar-refractivity contribution in [3.63, 3.8) is 0 Å². The molecule has 72 valence electrons. The lowest BCUT2D eigenvalue weighted by Crippen LogP contribution is -2.05. The van der Waals surface area contributed by atoms with Crippen molar-refractivity contribution in [3.05, 3.63) is 29.3 Å². The number of hydrogen-bond acceptors (Lipinski definition) is 3. The van der Waals surface area contributed by atoms with Crippen LogP contribution in [0.5, 0.6) is 0 Å². The molecule has 0 radical (unpaired) electrons. The highest BCUT2D eigenvalue weighted by molar-refractivity contribution is 7.97. The van der Waals surface area contributed by atoms with Crippen LogP contribution in [0.25, 0.3) is 0 Å². The molecule has 0 amide bonds. The quantitative estimate of drug-likeness (QED) is 0.441. The van der Waals surface area contributed by atoms with E-state index in [0.717, 1.165) is 18.0 Å². The Bertz CT molecular complexity index is 274. The van der Waals surface area contributed by atoms with Crippen LogP contribution in [0.4, 0.5) is 5.69 Å². The van der Waals surface area contributed by atoms with Gasteiger partial charge in [-0.3, -0.25) is 4.72 Å². The summed E-state index contributed by atoms with van der Waals surface area (Å²) in [6, 6.07) is 6.03. The minimum atomic E-state index is 0.837. The Labute approximate surface area is 84.0 Å². The van der Waals surface area contributed by atoms with Crippen LogP contribution in [-0.4, -0.2) is 5.75 Å². The van der Waals surface area contributed by atoms with Crippen LogP contribution in [0.3, 0.4) is 0 Å². The van der Waals surface area contributed by atoms with Crippen molar-refractivity contribution >= 4 is 17.6 Å². The summed E-state index contributed by atoms with van der Waals surface area (Å²) in [7, 11) is 0. The molecular formula is C10H16N2S. The number of aryl methyl sites for hydroxylation is 1. The summed E-state index contributed by atoms with van der Waals surface area (Å²) in [5, 5.41) is 0. The number of nitrogens with one attached hydrogen (secondary N) is 1. The molecule has 0 aromatic heterocycles. The molecule has 0 aliphatic rings. The molecule has 0 bridgehead atoms. The van der Waals surface area contributed by atoms with E-state index in [-0.39, 0.29) is 0 Å². The average Bonchev–Trinajstić information content (AvgIpc) is 2.09. The van der Waals surface area contributed by atoms with Crippen LogP contribution >= 0.6 is 11.9 Å². The first-order valence-electron chi connectivity index (χ1n) is 4.43. The van der Waals surface area contributed by atoms with Gasteiger partial charge in [0.05, 0.1) is 0 Å². The zero-order valence-corrected chi connectivity index (χ0v) is 8.95. The standard InChI is InChI=1S/C10H16N2S/c1-3-13-12-7-9-4-5-10(11)6-8(9)2/h4-6,12H,3,7,11H2,1-2H3. The van der Waals surface area contributed by atoms with Crippen LogP contribution in [0.2, 0.25) is 0 Å². The molecule has 3 N–H and O–H groups in total. The molecule has 2 nitrogen and oxygen atoms in total. The van der Waals surface area contributed by atoms with Crippen molar-refractivity contribution in [2.24, 2.45) is 0 Å². The Morgan fingerprint density at radius 1 is 1.46 bits per heavy atom. The molecule has 13 heavy (non-hydrogen) atoms. The minimum Gasteiger partial charge on any atom is -0.399 e. The summed E-state index contributed by atoms with van der Waals surface area (Å²) in [6.45, 7) is 5.13. The maximum atomic E-state index is 5.66. The van der Waals surface area contributed by atoms with Gasteiger partial charge in [0.2, 0.25) is 0 Å². The maximum absolute atomic E-state index is 5.66. The van der Waals surface area contributed by atoms with Crippen molar-refractivity contribution in [2.45, 2.75) is 20.4 Å². The van der Waals surface area contributed by atoms with Gasteiger partial charge in [0.15, 0.2) is 0 Å². The van der Waals surface area contributed by atoms with E-state index in [2.05, 4.69) is 24.6 Å². The Morgan fingerprint density at radius 2 is 2.23 bits per heavy atom. The number of benzene rings is 1. The van der Waals surface area contributed by atoms with Crippen molar-refractivity contribution in [3.8, 4) is 0 Å². The maximum Gasteiger partial charge on any atom is 0.0316 e. The lowest BCUT2D eigenvalue weighted by molar-refractivity contribution is 0.963. The third-order valence-electron chi connectivity index (χ3n) is 1.88. The Kier molecular flexibility index (Phi) is 4.12. The number of nitrogens with two attached hydrogens (primary N) is 1. The van der Waals surface area contributed by atoms with Gasteiger partial charge in [0, 0.05) is 18.0 Å². The highest BCUT2D eigenvalue weighted by Gasteiger charge is 1.97. The summed E-state index contributed by atoms with van der Waals surface area (Å²) in [6.07, 6.45) is 0. The summed E-state index contributed by atoms with van der Waals surface area (Å²) in [5.74, 6) is 1.09. The summed E-state index contributed by atoms with van der Waals surface area (Å²) >= 11 is 1.73. The zero-order valence-electron chi connectivity index (χ0n) is 8.13. The monoisotopic (exact) mass is 196 g/mol. The molecule has 1 rings (SSSR count). The fourth-order valence-electron chi connectivity index (χ4n) is 1.15. The first-order chi connectivity index (χ1) is 6.24. The van der Waals surface area contributed by atoms with Gasteiger partial charge in [-0.25, -0.2) is 0 Å². The smallest absolute Gasteiger partial charge is 0.0316 e. The predicted octanol–water partition coefficient (Wildman–Crippen LogP) is 2.33. The fourth-order valence-corrected chi connectivity index (χ4v) is 1.61. The Hall–Kier alpha value is -0.670. The van der Waals surface area contributed by atoms with E-state index in [0.29, 0.717) is 0 Å². The van der Waals surface area contributed by atoms with E-state index in [4.69, 9.17) is 5.73 Å². The SMILES string of the molecule is CCSNCc1ccc(N)cc1C. The van der Waals surface area contributed by atoms with Gasteiger partial charge in [0.25, 0.3) is 0 Å². The molecule has 0 atom stereocenters. The molecule has 0 unspecified atom stereocenters. The summed E-state index contributed by atoms with van der Waals surface area (Å²) in [5.41, 5.74) is 9.06. The molecule has 0 spiro atoms. The van der Waals surface area contributed by atoms with Gasteiger partial charge in [-0.15, -0.1) is 0 Å². The predicted molar refractivity (Wildman–Crippen MR) is 60.6 cm³/mol. The number of anilines is 1. The Balaban J connectivity index is 2.56. The van der Waals surface area contributed by atoms with E-state index < -0.39 is 0 Å². The first-order valence-corrected chi connectivity index (χ1v) is 5.42. The fraction of sp³-hybridized carbons (Fsp3) is 0.400. The number of rotatable bonds is 4. The lowest BCUT2D eigenvalue weighted by Gasteiger charge is -2.06. The van der Waals surface area contributed by atoms with Gasteiger partial charge in [0.1, 0.15) is 0 Å². The number of hydrogen-bond donors (Lipinski definition) is 2. The van der Waals surface area contributed by atoms with Crippen LogP contribution in [0.1, 0.15) is 18.1 Å². The minimum absolute atomic E-state index is 0.837. The van der Waals surface area contributed by atoms with E-state index in [1.807, 2.05) is 12.1 Å². The van der Waals surface area contributed by atoms with E-state index in [1.54, 1.807) is 11.9 Å². The van der Waals surface area contributed by atoms with Crippen molar-refractivity contribution < 1.29 is 0 Å². The van der Waals surface area contributed by atoms with Gasteiger partial charge in [-0.05, 0) is 30.2 Å². The van der Waals surface area contributed by atoms with Crippen molar-refractivity contribution in [1.82, 2.24) is 4.72 Å². The molecule has 0 saturated carbocycles. The largest absolute Gasteiger partial charge is 0.399 e. The second kappa shape index (κ2) is 5.14. The molecule has 0 saturated heterocycles. The molecule has 0 aliphatic heterocycles. The molecule has 0 fully saturated rings. The highest BCUT2D eigenvalue weighted by atomic mass is 32.2. The summed E-state index contributed by atoms with van der Waals surface area (Å²) in [4.78, 5) is 0. The molecule has 0 heterocycles. The normalized spacial score (nSPS) is 10.3. The topological polar surface area (TPSA) is 38.0 Å². The Morgan fingerprint density at radius 3 is 2.85 bits per heavy atom. The third kappa shape index (κ3) is 3.28. The van der Waals surface area contributed by atoms with Crippen molar-refractivity contribution in [2.75, 3.05) is 11.5 Å². The molecule has 1 aromatic carbocycles. The van der Waals surface area contributed by atoms with Gasteiger partial charge in [-0.2, -0.15) is 0 Å². The molecule has 1 aromatic rings. The summed E-state index contributed by atoms with van der Waals surface area (Å²) < 4.78 is 3.29. The molecule has 0 aliphatic carbocycles. The number of nitrogen functional groups attached to an aromatic ring is 1.